The smallest absolute Gasteiger partial charge is 0.107 e. The second-order valence-corrected chi connectivity index (χ2v) is 42.1. The number of hydrogen-bond donors (Lipinski definition) is 0. The lowest BCUT2D eigenvalue weighted by molar-refractivity contribution is 0.283. The van der Waals surface area contributed by atoms with Gasteiger partial charge in [-0.25, -0.2) is 0 Å². The number of benzene rings is 11. The molecule has 11 aromatic carbocycles. The number of nitrogens with zero attached hydrogens (tertiary/aromatic N) is 10. The molecule has 0 bridgehead atoms. The van der Waals surface area contributed by atoms with Crippen LogP contribution in [-0.2, 0) is 0 Å². The molecule has 13 rings (SSSR count). The van der Waals surface area contributed by atoms with Gasteiger partial charge >= 0.3 is 0 Å². The van der Waals surface area contributed by atoms with Crippen molar-refractivity contribution in [3.05, 3.63) is 335 Å². The Balaban J connectivity index is 0.000000191. The maximum atomic E-state index is 8.30. The number of hydrogen-bond acceptors (Lipinski definition) is 10. The fraction of sp³-hybridized carbons (Fsp3) is 0.407. The minimum atomic E-state index is -2.23. The topological polar surface area (TPSA) is 32.4 Å². The van der Waals surface area contributed by atoms with Crippen LogP contribution >= 0.6 is 0 Å². The third kappa shape index (κ3) is 23.9. The summed E-state index contributed by atoms with van der Waals surface area (Å²) >= 11 is 0. The van der Waals surface area contributed by atoms with E-state index in [0.29, 0.717) is 29.5 Å². The van der Waals surface area contributed by atoms with Gasteiger partial charge in [-0.3, -0.25) is 0 Å². The largest absolute Gasteiger partial charge is 0.359 e. The molecule has 2 atom stereocenters. The van der Waals surface area contributed by atoms with Crippen molar-refractivity contribution < 1.29 is 8.22 Å². The SMILES string of the molecule is CC(C)(C)N(c1ccccc1)c1ccccc1N(c1ccccc1)C(C)(C)C.CC(C)c1ccccc1N1C=CN(C)C1C(C)C.Cc1cccc(C)c1N(c1ccccc1N(c1c(C)cccc1C)C(C)(C)C)C(C)(C)C.[2H]C([2H])([2H])N1C=CN(c2ccccc2C(C)C)C1C(C)C.[2H]C([2H])([2H])c1cccc(C)c1N(c1ccccc1N(c1c(C)cccc1C)C(C)(C)C)C(C)(C)C. The Morgan fingerprint density at radius 3 is 0.711 bits per heavy atom. The molecule has 10 nitrogen and oxygen atoms in total. The van der Waals surface area contributed by atoms with E-state index in [1.54, 1.807) is 12.3 Å². The molecular weight excluding hydrogens is 1560 g/mol. The van der Waals surface area contributed by atoms with Gasteiger partial charge in [-0.2, -0.15) is 0 Å². The number of para-hydroxylation sites is 14. The Kier molecular flexibility index (Phi) is 30.1. The summed E-state index contributed by atoms with van der Waals surface area (Å²) in [5.41, 5.74) is 26.9. The van der Waals surface area contributed by atoms with E-state index < -0.39 is 13.8 Å². The monoisotopic (exact) mass is 1720 g/mol. The molecule has 682 valence electrons. The zero-order valence-corrected chi connectivity index (χ0v) is 84.5. The van der Waals surface area contributed by atoms with Crippen LogP contribution < -0.4 is 39.2 Å². The van der Waals surface area contributed by atoms with Crippen LogP contribution in [0.2, 0.25) is 0 Å². The predicted molar refractivity (Wildman–Crippen MR) is 564 cm³/mol. The normalized spacial score (nSPS) is 15.0. The van der Waals surface area contributed by atoms with Crippen LogP contribution in [0, 0.1) is 67.2 Å². The van der Waals surface area contributed by atoms with E-state index in [1.165, 1.54) is 106 Å². The van der Waals surface area contributed by atoms with Crippen molar-refractivity contribution in [1.82, 2.24) is 9.80 Å². The van der Waals surface area contributed by atoms with Crippen molar-refractivity contribution in [3.63, 3.8) is 0 Å². The summed E-state index contributed by atoms with van der Waals surface area (Å²) in [7, 11) is 2.15. The molecule has 2 unspecified atom stereocenters. The zero-order valence-electron chi connectivity index (χ0n) is 90.5. The molecule has 2 heterocycles. The van der Waals surface area contributed by atoms with E-state index in [9.17, 15) is 0 Å². The summed E-state index contributed by atoms with van der Waals surface area (Å²) in [5.74, 6) is 1.73. The summed E-state index contributed by atoms with van der Waals surface area (Å²) in [5, 5.41) is 0. The maximum absolute atomic E-state index is 8.30. The van der Waals surface area contributed by atoms with Crippen LogP contribution in [0.3, 0.4) is 0 Å². The van der Waals surface area contributed by atoms with Crippen LogP contribution in [0.4, 0.5) is 79.6 Å². The highest BCUT2D eigenvalue weighted by Crippen LogP contribution is 2.52. The first-order chi connectivity index (χ1) is 62.3. The average molecular weight is 1720 g/mol. The van der Waals surface area contributed by atoms with Crippen LogP contribution in [0.5, 0.6) is 0 Å². The van der Waals surface area contributed by atoms with Gasteiger partial charge in [0.2, 0.25) is 0 Å². The highest BCUT2D eigenvalue weighted by molar-refractivity contribution is 5.89. The Labute approximate surface area is 786 Å². The summed E-state index contributed by atoms with van der Waals surface area (Å²) in [6, 6.07) is 89.4. The van der Waals surface area contributed by atoms with Crippen molar-refractivity contribution in [2.24, 2.45) is 11.8 Å². The highest BCUT2D eigenvalue weighted by atomic mass is 15.4. The molecule has 128 heavy (non-hydrogen) atoms. The first kappa shape index (κ1) is 91.6. The molecule has 2 aliphatic heterocycles. The molecule has 0 N–H and O–H groups in total. The molecule has 0 saturated carbocycles. The van der Waals surface area contributed by atoms with Gasteiger partial charge in [0.05, 0.1) is 34.1 Å². The molecule has 0 radical (unpaired) electrons. The summed E-state index contributed by atoms with van der Waals surface area (Å²) in [4.78, 5) is 22.8. The molecule has 11 aromatic rings. The Morgan fingerprint density at radius 2 is 0.469 bits per heavy atom. The molecule has 0 spiro atoms. The van der Waals surface area contributed by atoms with Gasteiger partial charge in [0.1, 0.15) is 12.3 Å². The highest BCUT2D eigenvalue weighted by Gasteiger charge is 2.39. The summed E-state index contributed by atoms with van der Waals surface area (Å²) < 4.78 is 48.1. The maximum Gasteiger partial charge on any atom is 0.107 e. The standard InChI is InChI=1S/2C30H40N2.C26H32N2.2C16H24N2/c2*1-21-15-13-16-22(2)27(21)31(29(5,6)7)25-19-11-12-20-26(25)32(30(8,9)10)28-23(3)17-14-18-24(28)4;1-25(2,3)27(21-15-9-7-10-16-21)23-19-13-14-20-24(23)28(26(4,5)6)22-17-11-8-12-18-22;2*1-12(2)14-8-6-7-9-15(14)18-11-10-17(5)16(18)13(3)4/h2*11-20H,1-10H3;7-20H,1-6H3;2*6-13,16H,1-5H3/i1D3;;;5D3;. The van der Waals surface area contributed by atoms with Gasteiger partial charge in [0.25, 0.3) is 0 Å². The van der Waals surface area contributed by atoms with Crippen molar-refractivity contribution in [2.75, 3.05) is 53.2 Å². The van der Waals surface area contributed by atoms with E-state index in [-0.39, 0.29) is 45.3 Å². The lowest BCUT2D eigenvalue weighted by Gasteiger charge is -2.45. The number of anilines is 14. The van der Waals surface area contributed by atoms with E-state index in [4.69, 9.17) is 8.22 Å². The van der Waals surface area contributed by atoms with E-state index in [1.807, 2.05) is 43.5 Å². The predicted octanol–water partition coefficient (Wildman–Crippen LogP) is 33.2. The van der Waals surface area contributed by atoms with E-state index >= 15 is 0 Å². The fourth-order valence-electron chi connectivity index (χ4n) is 18.5. The van der Waals surface area contributed by atoms with Gasteiger partial charge in [-0.15, -0.1) is 0 Å². The van der Waals surface area contributed by atoms with E-state index in [2.05, 4.69) is 503 Å². The molecule has 0 saturated heterocycles. The minimum Gasteiger partial charge on any atom is -0.359 e. The number of rotatable bonds is 18. The van der Waals surface area contributed by atoms with Gasteiger partial charge < -0.3 is 49.0 Å². The van der Waals surface area contributed by atoms with Gasteiger partial charge in [-0.05, 0) is 332 Å². The molecule has 0 aliphatic carbocycles. The van der Waals surface area contributed by atoms with Crippen molar-refractivity contribution in [3.8, 4) is 0 Å². The van der Waals surface area contributed by atoms with Gasteiger partial charge in [0, 0.05) is 126 Å². The zero-order chi connectivity index (χ0) is 99.6. The third-order valence-electron chi connectivity index (χ3n) is 23.6. The quantitative estimate of drug-likeness (QED) is 0.0828. The van der Waals surface area contributed by atoms with Crippen molar-refractivity contribution in [1.29, 1.82) is 0 Å². The second-order valence-electron chi connectivity index (χ2n) is 42.1. The first-order valence-electron chi connectivity index (χ1n) is 49.4. The lowest BCUT2D eigenvalue weighted by atomic mass is 9.95. The van der Waals surface area contributed by atoms with Crippen molar-refractivity contribution in [2.45, 2.75) is 293 Å². The number of aryl methyl sites for hydroxylation is 8. The average Bonchev–Trinajstić information content (AvgIpc) is 1.29. The minimum absolute atomic E-state index is 0.0717. The lowest BCUT2D eigenvalue weighted by Crippen LogP contribution is -2.42. The van der Waals surface area contributed by atoms with Crippen LogP contribution in [0.25, 0.3) is 0 Å². The van der Waals surface area contributed by atoms with E-state index in [0.717, 1.165) is 28.3 Å². The van der Waals surface area contributed by atoms with Gasteiger partial charge in [0.15, 0.2) is 0 Å². The third-order valence-corrected chi connectivity index (χ3v) is 23.6. The molecule has 0 aromatic heterocycles. The van der Waals surface area contributed by atoms with Crippen molar-refractivity contribution >= 4 is 79.6 Å². The molecule has 0 fully saturated rings. The van der Waals surface area contributed by atoms with Crippen LogP contribution in [0.15, 0.2) is 280 Å². The Bertz CT molecular complexity index is 5500. The van der Waals surface area contributed by atoms with Gasteiger partial charge in [-0.1, -0.05) is 237 Å². The molecular formula is C118H160N10. The first-order valence-corrected chi connectivity index (χ1v) is 46.4. The summed E-state index contributed by atoms with van der Waals surface area (Å²) in [6.07, 6.45) is 8.18. The second kappa shape index (κ2) is 42.0. The summed E-state index contributed by atoms with van der Waals surface area (Å²) in [6.45, 7) is 68.8. The molecule has 10 heteroatoms. The van der Waals surface area contributed by atoms with Crippen LogP contribution in [0.1, 0.15) is 256 Å². The fourth-order valence-corrected chi connectivity index (χ4v) is 18.5. The Hall–Kier alpha value is -11.1. The Morgan fingerprint density at radius 1 is 0.250 bits per heavy atom. The molecule has 0 amide bonds. The van der Waals surface area contributed by atoms with Crippen LogP contribution in [-0.4, -0.2) is 69.4 Å². The molecule has 2 aliphatic rings.